The lowest BCUT2D eigenvalue weighted by Crippen LogP contribution is -2.10. The number of hydrogen-bond acceptors (Lipinski definition) is 5. The summed E-state index contributed by atoms with van der Waals surface area (Å²) in [7, 11) is 0. The molecule has 0 saturated carbocycles. The fourth-order valence-corrected chi connectivity index (χ4v) is 4.59. The fourth-order valence-electron chi connectivity index (χ4n) is 3.48. The van der Waals surface area contributed by atoms with Gasteiger partial charge < -0.3 is 10.1 Å². The number of thiazole rings is 1. The maximum Gasteiger partial charge on any atom is 0.420 e. The Kier molecular flexibility index (Phi) is 7.93. The average molecular weight is 518 g/mol. The van der Waals surface area contributed by atoms with Gasteiger partial charge in [0.25, 0.3) is 0 Å². The molecule has 0 aliphatic rings. The van der Waals surface area contributed by atoms with E-state index in [1.807, 2.05) is 13.0 Å². The standard InChI is InChI=1S/C26H23ClF3N3OS/c1-17-7-9-18(10-8-17)5-2-3-14-34-22-12-11-20(15-21(22)26(28,29)30)32-25-33-23(24(27)35-25)19-6-4-13-31-16-19/h4,6-13,15-16H,2-3,5,14H2,1H3,(H,32,33). The number of benzene rings is 2. The van der Waals surface area contributed by atoms with Crippen LogP contribution in [-0.4, -0.2) is 16.6 Å². The molecule has 182 valence electrons. The van der Waals surface area contributed by atoms with E-state index in [4.69, 9.17) is 16.3 Å². The Bertz CT molecular complexity index is 1260. The summed E-state index contributed by atoms with van der Waals surface area (Å²) in [6.07, 6.45) is 1.04. The predicted molar refractivity (Wildman–Crippen MR) is 135 cm³/mol. The number of alkyl halides is 3. The van der Waals surface area contributed by atoms with Gasteiger partial charge in [0.15, 0.2) is 5.13 Å². The molecule has 0 spiro atoms. The number of hydrogen-bond donors (Lipinski definition) is 1. The van der Waals surface area contributed by atoms with Crippen molar-refractivity contribution in [2.45, 2.75) is 32.4 Å². The smallest absolute Gasteiger partial charge is 0.420 e. The number of anilines is 2. The van der Waals surface area contributed by atoms with E-state index in [9.17, 15) is 13.2 Å². The van der Waals surface area contributed by atoms with Crippen LogP contribution in [0.25, 0.3) is 11.3 Å². The summed E-state index contributed by atoms with van der Waals surface area (Å²) in [5.41, 5.74) is 3.05. The van der Waals surface area contributed by atoms with Crippen LogP contribution in [0, 0.1) is 6.92 Å². The van der Waals surface area contributed by atoms with Gasteiger partial charge in [0.2, 0.25) is 0 Å². The van der Waals surface area contributed by atoms with Crippen LogP contribution >= 0.6 is 22.9 Å². The van der Waals surface area contributed by atoms with Crippen LogP contribution in [0.3, 0.4) is 0 Å². The molecular weight excluding hydrogens is 495 g/mol. The Morgan fingerprint density at radius 3 is 2.57 bits per heavy atom. The van der Waals surface area contributed by atoms with Gasteiger partial charge in [-0.3, -0.25) is 4.98 Å². The van der Waals surface area contributed by atoms with Gasteiger partial charge >= 0.3 is 6.18 Å². The van der Waals surface area contributed by atoms with Gasteiger partial charge in [-0.15, -0.1) is 0 Å². The minimum absolute atomic E-state index is 0.188. The van der Waals surface area contributed by atoms with Crippen molar-refractivity contribution < 1.29 is 17.9 Å². The second-order valence-corrected chi connectivity index (χ2v) is 9.61. The number of unbranched alkanes of at least 4 members (excludes halogenated alkanes) is 1. The zero-order valence-electron chi connectivity index (χ0n) is 18.9. The van der Waals surface area contributed by atoms with E-state index < -0.39 is 11.7 Å². The first kappa shape index (κ1) is 25.0. The summed E-state index contributed by atoms with van der Waals surface area (Å²) in [5.74, 6) is -0.188. The molecule has 4 aromatic rings. The molecule has 0 bridgehead atoms. The Morgan fingerprint density at radius 2 is 1.86 bits per heavy atom. The molecule has 2 aromatic heterocycles. The highest BCUT2D eigenvalue weighted by Crippen LogP contribution is 2.40. The van der Waals surface area contributed by atoms with Crippen molar-refractivity contribution in [2.24, 2.45) is 0 Å². The Morgan fingerprint density at radius 1 is 1.06 bits per heavy atom. The summed E-state index contributed by atoms with van der Waals surface area (Å²) in [4.78, 5) is 8.46. The summed E-state index contributed by atoms with van der Waals surface area (Å²) in [6.45, 7) is 2.24. The molecule has 35 heavy (non-hydrogen) atoms. The highest BCUT2D eigenvalue weighted by molar-refractivity contribution is 7.20. The van der Waals surface area contributed by atoms with E-state index >= 15 is 0 Å². The molecule has 0 saturated heterocycles. The highest BCUT2D eigenvalue weighted by atomic mass is 35.5. The molecule has 0 atom stereocenters. The molecule has 0 fully saturated rings. The average Bonchev–Trinajstić information content (AvgIpc) is 3.20. The molecule has 0 unspecified atom stereocenters. The zero-order chi connectivity index (χ0) is 24.8. The van der Waals surface area contributed by atoms with Crippen LogP contribution in [0.1, 0.15) is 29.5 Å². The van der Waals surface area contributed by atoms with Crippen LogP contribution in [0.4, 0.5) is 24.0 Å². The lowest BCUT2D eigenvalue weighted by atomic mass is 10.1. The summed E-state index contributed by atoms with van der Waals surface area (Å²) in [5, 5.41) is 3.30. The normalized spacial score (nSPS) is 11.5. The summed E-state index contributed by atoms with van der Waals surface area (Å²) < 4.78 is 47.1. The van der Waals surface area contributed by atoms with Crippen molar-refractivity contribution in [3.05, 3.63) is 88.0 Å². The quantitative estimate of drug-likeness (QED) is 0.227. The fraction of sp³-hybridized carbons (Fsp3) is 0.231. The van der Waals surface area contributed by atoms with Crippen LogP contribution in [0.2, 0.25) is 4.34 Å². The second kappa shape index (κ2) is 11.1. The van der Waals surface area contributed by atoms with Crippen LogP contribution in [-0.2, 0) is 12.6 Å². The van der Waals surface area contributed by atoms with E-state index in [0.717, 1.165) is 35.8 Å². The van der Waals surface area contributed by atoms with Crippen molar-refractivity contribution in [1.82, 2.24) is 9.97 Å². The van der Waals surface area contributed by atoms with Crippen LogP contribution < -0.4 is 10.1 Å². The largest absolute Gasteiger partial charge is 0.493 e. The third-order valence-corrected chi connectivity index (χ3v) is 6.46. The molecular formula is C26H23ClF3N3OS. The molecule has 9 heteroatoms. The Hall–Kier alpha value is -3.10. The highest BCUT2D eigenvalue weighted by Gasteiger charge is 2.35. The number of rotatable bonds is 9. The summed E-state index contributed by atoms with van der Waals surface area (Å²) >= 11 is 7.43. The van der Waals surface area contributed by atoms with E-state index in [2.05, 4.69) is 39.6 Å². The van der Waals surface area contributed by atoms with E-state index in [-0.39, 0.29) is 18.0 Å². The van der Waals surface area contributed by atoms with Gasteiger partial charge in [0.1, 0.15) is 15.8 Å². The zero-order valence-corrected chi connectivity index (χ0v) is 20.5. The van der Waals surface area contributed by atoms with E-state index in [1.54, 1.807) is 18.5 Å². The Balaban J connectivity index is 1.40. The first-order valence-electron chi connectivity index (χ1n) is 11.0. The molecule has 0 radical (unpaired) electrons. The van der Waals surface area contributed by atoms with Crippen molar-refractivity contribution in [3.63, 3.8) is 0 Å². The van der Waals surface area contributed by atoms with Gasteiger partial charge in [0, 0.05) is 23.6 Å². The topological polar surface area (TPSA) is 47.0 Å². The van der Waals surface area contributed by atoms with E-state index in [1.165, 1.54) is 23.3 Å². The number of aromatic nitrogens is 2. The number of pyridine rings is 1. The maximum atomic E-state index is 13.7. The van der Waals surface area contributed by atoms with Gasteiger partial charge in [-0.1, -0.05) is 52.8 Å². The molecule has 2 heterocycles. The number of halogens is 4. The third kappa shape index (κ3) is 6.74. The predicted octanol–water partition coefficient (Wildman–Crippen LogP) is 8.33. The third-order valence-electron chi connectivity index (χ3n) is 5.29. The minimum atomic E-state index is -4.56. The molecule has 0 amide bonds. The minimum Gasteiger partial charge on any atom is -0.493 e. The number of ether oxygens (including phenoxy) is 1. The van der Waals surface area contributed by atoms with Crippen molar-refractivity contribution in [1.29, 1.82) is 0 Å². The molecule has 4 rings (SSSR count). The van der Waals surface area contributed by atoms with Gasteiger partial charge in [-0.25, -0.2) is 4.98 Å². The molecule has 0 aliphatic carbocycles. The number of aryl methyl sites for hydroxylation is 2. The molecule has 1 N–H and O–H groups in total. The SMILES string of the molecule is Cc1ccc(CCCCOc2ccc(Nc3nc(-c4cccnc4)c(Cl)s3)cc2C(F)(F)F)cc1. The van der Waals surface area contributed by atoms with Crippen LogP contribution in [0.5, 0.6) is 5.75 Å². The van der Waals surface area contributed by atoms with Gasteiger partial charge in [-0.05, 0) is 62.1 Å². The first-order valence-corrected chi connectivity index (χ1v) is 12.2. The number of nitrogens with one attached hydrogen (secondary N) is 1. The van der Waals surface area contributed by atoms with Gasteiger partial charge in [0.05, 0.1) is 12.2 Å². The maximum absolute atomic E-state index is 13.7. The molecule has 0 aliphatic heterocycles. The first-order chi connectivity index (χ1) is 16.8. The lowest BCUT2D eigenvalue weighted by Gasteiger charge is -2.15. The Labute approximate surface area is 210 Å². The van der Waals surface area contributed by atoms with Crippen molar-refractivity contribution >= 4 is 33.8 Å². The lowest BCUT2D eigenvalue weighted by molar-refractivity contribution is -0.138. The molecule has 2 aromatic carbocycles. The monoisotopic (exact) mass is 517 g/mol. The number of nitrogens with zero attached hydrogens (tertiary/aromatic N) is 2. The summed E-state index contributed by atoms with van der Waals surface area (Å²) in [6, 6.07) is 15.7. The van der Waals surface area contributed by atoms with Gasteiger partial charge in [-0.2, -0.15) is 13.2 Å². The van der Waals surface area contributed by atoms with E-state index in [0.29, 0.717) is 21.6 Å². The van der Waals surface area contributed by atoms with Crippen molar-refractivity contribution in [2.75, 3.05) is 11.9 Å². The van der Waals surface area contributed by atoms with Crippen molar-refractivity contribution in [3.8, 4) is 17.0 Å². The second-order valence-electron chi connectivity index (χ2n) is 8.01. The molecule has 4 nitrogen and oxygen atoms in total. The van der Waals surface area contributed by atoms with Crippen LogP contribution in [0.15, 0.2) is 67.0 Å².